The van der Waals surface area contributed by atoms with Crippen LogP contribution in [0, 0.1) is 0 Å². The average Bonchev–Trinajstić information content (AvgIpc) is 2.46. The van der Waals surface area contributed by atoms with Gasteiger partial charge in [0, 0.05) is 30.6 Å². The first-order valence-electron chi connectivity index (χ1n) is 4.40. The normalized spacial score (nSPS) is 10.7. The Balaban J connectivity index is 2.78. The lowest BCUT2D eigenvalue weighted by molar-refractivity contribution is -0.107. The molecular formula is C11H10ClNO. The summed E-state index contributed by atoms with van der Waals surface area (Å²) in [5.74, 6) is 0. The molecule has 3 heteroatoms. The van der Waals surface area contributed by atoms with Gasteiger partial charge in [-0.2, -0.15) is 0 Å². The van der Waals surface area contributed by atoms with Crippen molar-refractivity contribution in [3.05, 3.63) is 35.0 Å². The van der Waals surface area contributed by atoms with Crippen molar-refractivity contribution in [2.24, 2.45) is 7.05 Å². The largest absolute Gasteiger partial charge is 0.350 e. The first-order valence-corrected chi connectivity index (χ1v) is 4.78. The van der Waals surface area contributed by atoms with Crippen LogP contribution in [0.1, 0.15) is 5.56 Å². The third-order valence-electron chi connectivity index (χ3n) is 2.35. The van der Waals surface area contributed by atoms with E-state index in [0.717, 1.165) is 22.8 Å². The Morgan fingerprint density at radius 2 is 2.29 bits per heavy atom. The lowest BCUT2D eigenvalue weighted by Crippen LogP contribution is -1.83. The average molecular weight is 208 g/mol. The van der Waals surface area contributed by atoms with Gasteiger partial charge in [0.15, 0.2) is 0 Å². The Bertz CT molecular complexity index is 487. The minimum Gasteiger partial charge on any atom is -0.350 e. The van der Waals surface area contributed by atoms with Gasteiger partial charge in [0.1, 0.15) is 6.29 Å². The topological polar surface area (TPSA) is 22.0 Å². The Labute approximate surface area is 87.1 Å². The first kappa shape index (κ1) is 9.28. The van der Waals surface area contributed by atoms with Crippen molar-refractivity contribution in [2.45, 2.75) is 6.42 Å². The number of aromatic nitrogens is 1. The number of carbonyl (C=O) groups is 1. The van der Waals surface area contributed by atoms with E-state index >= 15 is 0 Å². The third-order valence-corrected chi connectivity index (χ3v) is 2.66. The number of benzene rings is 1. The molecule has 0 fully saturated rings. The molecule has 0 bridgehead atoms. The summed E-state index contributed by atoms with van der Waals surface area (Å²) in [5.41, 5.74) is 2.05. The first-order chi connectivity index (χ1) is 6.74. The van der Waals surface area contributed by atoms with Crippen LogP contribution in [0.3, 0.4) is 0 Å². The summed E-state index contributed by atoms with van der Waals surface area (Å²) in [6.45, 7) is 0. The van der Waals surface area contributed by atoms with Crippen molar-refractivity contribution >= 4 is 28.8 Å². The maximum atomic E-state index is 10.5. The molecule has 1 aromatic heterocycles. The number of halogens is 1. The van der Waals surface area contributed by atoms with E-state index in [1.807, 2.05) is 36.0 Å². The van der Waals surface area contributed by atoms with Crippen molar-refractivity contribution in [3.63, 3.8) is 0 Å². The standard InChI is InChI=1S/C11H10ClNO/c1-13-7-8(5-6-14)11-9(12)3-2-4-10(11)13/h2-4,6-7H,5H2,1H3. The highest BCUT2D eigenvalue weighted by Crippen LogP contribution is 2.27. The van der Waals surface area contributed by atoms with Crippen LogP contribution in [0.25, 0.3) is 10.9 Å². The maximum Gasteiger partial charge on any atom is 0.124 e. The van der Waals surface area contributed by atoms with E-state index in [4.69, 9.17) is 11.6 Å². The molecule has 0 unspecified atom stereocenters. The number of aldehydes is 1. The molecule has 2 aromatic rings. The summed E-state index contributed by atoms with van der Waals surface area (Å²) in [4.78, 5) is 10.5. The van der Waals surface area contributed by atoms with Crippen molar-refractivity contribution in [1.82, 2.24) is 4.57 Å². The Morgan fingerprint density at radius 1 is 1.50 bits per heavy atom. The molecule has 0 saturated heterocycles. The maximum absolute atomic E-state index is 10.5. The fraction of sp³-hybridized carbons (Fsp3) is 0.182. The van der Waals surface area contributed by atoms with Gasteiger partial charge in [0.05, 0.1) is 5.02 Å². The molecule has 0 aliphatic heterocycles. The second kappa shape index (κ2) is 3.46. The van der Waals surface area contributed by atoms with E-state index in [-0.39, 0.29) is 0 Å². The van der Waals surface area contributed by atoms with Gasteiger partial charge in [-0.25, -0.2) is 0 Å². The van der Waals surface area contributed by atoms with E-state index in [1.165, 1.54) is 0 Å². The molecule has 14 heavy (non-hydrogen) atoms. The number of carbonyl (C=O) groups excluding carboxylic acids is 1. The zero-order chi connectivity index (χ0) is 10.1. The molecule has 0 spiro atoms. The van der Waals surface area contributed by atoms with Crippen molar-refractivity contribution in [1.29, 1.82) is 0 Å². The molecule has 1 heterocycles. The van der Waals surface area contributed by atoms with Gasteiger partial charge in [-0.1, -0.05) is 17.7 Å². The molecule has 0 aliphatic rings. The van der Waals surface area contributed by atoms with Crippen LogP contribution < -0.4 is 0 Å². The zero-order valence-electron chi connectivity index (χ0n) is 7.83. The molecule has 0 radical (unpaired) electrons. The number of rotatable bonds is 2. The van der Waals surface area contributed by atoms with Crippen LogP contribution in [0.4, 0.5) is 0 Å². The molecule has 0 aliphatic carbocycles. The number of aryl methyl sites for hydroxylation is 1. The highest BCUT2D eigenvalue weighted by atomic mass is 35.5. The van der Waals surface area contributed by atoms with Crippen molar-refractivity contribution < 1.29 is 4.79 Å². The quantitative estimate of drug-likeness (QED) is 0.694. The second-order valence-electron chi connectivity index (χ2n) is 3.27. The Kier molecular flexibility index (Phi) is 2.30. The van der Waals surface area contributed by atoms with Gasteiger partial charge in [-0.3, -0.25) is 0 Å². The predicted molar refractivity (Wildman–Crippen MR) is 57.7 cm³/mol. The van der Waals surface area contributed by atoms with Gasteiger partial charge in [0.2, 0.25) is 0 Å². The Hall–Kier alpha value is -1.28. The summed E-state index contributed by atoms with van der Waals surface area (Å²) in [6, 6.07) is 5.75. The molecule has 2 nitrogen and oxygen atoms in total. The van der Waals surface area contributed by atoms with Gasteiger partial charge < -0.3 is 9.36 Å². The summed E-state index contributed by atoms with van der Waals surface area (Å²) < 4.78 is 1.99. The summed E-state index contributed by atoms with van der Waals surface area (Å²) in [6.07, 6.45) is 3.27. The predicted octanol–water partition coefficient (Wildman–Crippen LogP) is 2.57. The lowest BCUT2D eigenvalue weighted by atomic mass is 10.1. The van der Waals surface area contributed by atoms with Crippen molar-refractivity contribution in [2.75, 3.05) is 0 Å². The minimum atomic E-state index is 0.418. The molecule has 2 rings (SSSR count). The van der Waals surface area contributed by atoms with E-state index in [1.54, 1.807) is 0 Å². The molecule has 0 atom stereocenters. The lowest BCUT2D eigenvalue weighted by Gasteiger charge is -1.97. The van der Waals surface area contributed by atoms with Crippen LogP contribution in [-0.4, -0.2) is 10.9 Å². The number of hydrogen-bond donors (Lipinski definition) is 0. The summed E-state index contributed by atoms with van der Waals surface area (Å²) >= 11 is 6.08. The Morgan fingerprint density at radius 3 is 3.00 bits per heavy atom. The number of fused-ring (bicyclic) bond motifs is 1. The molecule has 0 saturated carbocycles. The van der Waals surface area contributed by atoms with Gasteiger partial charge >= 0.3 is 0 Å². The number of hydrogen-bond acceptors (Lipinski definition) is 1. The monoisotopic (exact) mass is 207 g/mol. The summed E-state index contributed by atoms with van der Waals surface area (Å²) in [7, 11) is 1.95. The van der Waals surface area contributed by atoms with Gasteiger partial charge in [0.25, 0.3) is 0 Å². The summed E-state index contributed by atoms with van der Waals surface area (Å²) in [5, 5.41) is 1.70. The second-order valence-corrected chi connectivity index (χ2v) is 3.68. The molecule has 1 aromatic carbocycles. The SMILES string of the molecule is Cn1cc(CC=O)c2c(Cl)cccc21. The number of nitrogens with zero attached hydrogens (tertiary/aromatic N) is 1. The molecule has 0 amide bonds. The molecule has 72 valence electrons. The highest BCUT2D eigenvalue weighted by molar-refractivity contribution is 6.35. The van der Waals surface area contributed by atoms with Gasteiger partial charge in [-0.05, 0) is 17.7 Å². The zero-order valence-corrected chi connectivity index (χ0v) is 8.58. The fourth-order valence-electron chi connectivity index (χ4n) is 1.74. The minimum absolute atomic E-state index is 0.418. The molecular weight excluding hydrogens is 198 g/mol. The fourth-order valence-corrected chi connectivity index (χ4v) is 2.03. The third kappa shape index (κ3) is 1.32. The van der Waals surface area contributed by atoms with Crippen LogP contribution in [0.2, 0.25) is 5.02 Å². The van der Waals surface area contributed by atoms with Gasteiger partial charge in [-0.15, -0.1) is 0 Å². The van der Waals surface area contributed by atoms with Crippen LogP contribution in [-0.2, 0) is 18.3 Å². The van der Waals surface area contributed by atoms with E-state index in [0.29, 0.717) is 11.4 Å². The molecule has 0 N–H and O–H groups in total. The van der Waals surface area contributed by atoms with Crippen LogP contribution in [0.5, 0.6) is 0 Å². The van der Waals surface area contributed by atoms with Crippen LogP contribution in [0.15, 0.2) is 24.4 Å². The smallest absolute Gasteiger partial charge is 0.124 e. The van der Waals surface area contributed by atoms with Crippen LogP contribution >= 0.6 is 11.6 Å². The highest BCUT2D eigenvalue weighted by Gasteiger charge is 2.08. The van der Waals surface area contributed by atoms with E-state index < -0.39 is 0 Å². The van der Waals surface area contributed by atoms with E-state index in [9.17, 15) is 4.79 Å². The van der Waals surface area contributed by atoms with E-state index in [2.05, 4.69) is 0 Å². The van der Waals surface area contributed by atoms with Crippen molar-refractivity contribution in [3.8, 4) is 0 Å².